The van der Waals surface area contributed by atoms with E-state index in [1.54, 1.807) is 0 Å². The largest absolute Gasteiger partial charge is 0.352 e. The molecule has 0 radical (unpaired) electrons. The van der Waals surface area contributed by atoms with Gasteiger partial charge in [-0.3, -0.25) is 4.79 Å². The Morgan fingerprint density at radius 1 is 1.18 bits per heavy atom. The first kappa shape index (κ1) is 14.6. The fraction of sp³-hybridized carbons (Fsp3) is 0.176. The summed E-state index contributed by atoms with van der Waals surface area (Å²) >= 11 is 5.84. The minimum Gasteiger partial charge on any atom is -0.352 e. The number of benzene rings is 2. The van der Waals surface area contributed by atoms with Crippen LogP contribution in [0.15, 0.2) is 42.5 Å². The lowest BCUT2D eigenvalue weighted by Gasteiger charge is -2.06. The molecule has 1 amide bonds. The normalized spacial score (nSPS) is 10.8. The summed E-state index contributed by atoms with van der Waals surface area (Å²) in [5.41, 5.74) is 3.87. The lowest BCUT2D eigenvalue weighted by Crippen LogP contribution is -2.24. The van der Waals surface area contributed by atoms with Crippen LogP contribution in [0.4, 0.5) is 0 Å². The van der Waals surface area contributed by atoms with Gasteiger partial charge in [-0.2, -0.15) is 0 Å². The van der Waals surface area contributed by atoms with Crippen molar-refractivity contribution in [1.29, 1.82) is 0 Å². The highest BCUT2D eigenvalue weighted by atomic mass is 35.5. The van der Waals surface area contributed by atoms with Gasteiger partial charge in [0.25, 0.3) is 0 Å². The molecule has 0 saturated carbocycles. The fourth-order valence-corrected chi connectivity index (χ4v) is 2.47. The van der Waals surface area contributed by atoms with E-state index in [0.29, 0.717) is 18.0 Å². The maximum absolute atomic E-state index is 12.0. The molecule has 1 aromatic heterocycles. The molecule has 0 aliphatic rings. The molecule has 0 spiro atoms. The number of aromatic amines is 1. The molecule has 2 N–H and O–H groups in total. The second kappa shape index (κ2) is 6.20. The summed E-state index contributed by atoms with van der Waals surface area (Å²) in [5, 5.41) is 3.61. The predicted octanol–water partition coefficient (Wildman–Crippen LogP) is 3.38. The zero-order valence-corrected chi connectivity index (χ0v) is 12.9. The molecule has 22 heavy (non-hydrogen) atoms. The van der Waals surface area contributed by atoms with Gasteiger partial charge in [0.05, 0.1) is 17.5 Å². The first-order chi connectivity index (χ1) is 10.6. The molecule has 0 atom stereocenters. The molecular weight excluding hydrogens is 298 g/mol. The average Bonchev–Trinajstić information content (AvgIpc) is 2.86. The fourth-order valence-electron chi connectivity index (χ4n) is 2.35. The Bertz CT molecular complexity index is 808. The Morgan fingerprint density at radius 3 is 2.68 bits per heavy atom. The number of H-pyrrole nitrogens is 1. The molecular formula is C17H16ClN3O. The molecule has 2 aromatic carbocycles. The maximum Gasteiger partial charge on any atom is 0.224 e. The van der Waals surface area contributed by atoms with E-state index < -0.39 is 0 Å². The van der Waals surface area contributed by atoms with Crippen LogP contribution < -0.4 is 5.32 Å². The van der Waals surface area contributed by atoms with Crippen molar-refractivity contribution in [2.45, 2.75) is 19.9 Å². The zero-order valence-electron chi connectivity index (χ0n) is 12.2. The van der Waals surface area contributed by atoms with Crippen LogP contribution in [-0.4, -0.2) is 15.9 Å². The van der Waals surface area contributed by atoms with Crippen LogP contribution in [-0.2, 0) is 17.8 Å². The third kappa shape index (κ3) is 3.46. The van der Waals surface area contributed by atoms with Crippen molar-refractivity contribution in [3.8, 4) is 0 Å². The number of nitrogens with one attached hydrogen (secondary N) is 2. The smallest absolute Gasteiger partial charge is 0.224 e. The van der Waals surface area contributed by atoms with Gasteiger partial charge in [0.2, 0.25) is 5.91 Å². The molecule has 0 aliphatic heterocycles. The molecule has 0 fully saturated rings. The Hall–Kier alpha value is -2.33. The van der Waals surface area contributed by atoms with Crippen molar-refractivity contribution in [2.75, 3.05) is 0 Å². The van der Waals surface area contributed by atoms with E-state index in [-0.39, 0.29) is 5.91 Å². The molecule has 5 heteroatoms. The number of halogens is 1. The van der Waals surface area contributed by atoms with Gasteiger partial charge in [0.1, 0.15) is 5.82 Å². The number of hydrogen-bond acceptors (Lipinski definition) is 2. The summed E-state index contributed by atoms with van der Waals surface area (Å²) in [4.78, 5) is 19.6. The van der Waals surface area contributed by atoms with Crippen LogP contribution in [0.1, 0.15) is 17.0 Å². The Labute approximate surface area is 133 Å². The number of fused-ring (bicyclic) bond motifs is 1. The van der Waals surface area contributed by atoms with E-state index >= 15 is 0 Å². The lowest BCUT2D eigenvalue weighted by atomic mass is 10.1. The molecule has 112 valence electrons. The maximum atomic E-state index is 12.0. The van der Waals surface area contributed by atoms with Crippen molar-refractivity contribution in [1.82, 2.24) is 15.3 Å². The van der Waals surface area contributed by atoms with Crippen molar-refractivity contribution in [3.63, 3.8) is 0 Å². The van der Waals surface area contributed by atoms with Gasteiger partial charge in [-0.1, -0.05) is 29.8 Å². The van der Waals surface area contributed by atoms with Crippen LogP contribution in [0, 0.1) is 6.92 Å². The standard InChI is InChI=1S/C17H16ClN3O/c1-11-20-15-7-4-13(8-16(15)21-11)9-17(22)19-10-12-2-5-14(18)6-3-12/h2-8H,9-10H2,1H3,(H,19,22)(H,20,21). The molecule has 0 bridgehead atoms. The van der Waals surface area contributed by atoms with Gasteiger partial charge < -0.3 is 10.3 Å². The summed E-state index contributed by atoms with van der Waals surface area (Å²) in [5.74, 6) is 0.866. The average molecular weight is 314 g/mol. The van der Waals surface area contributed by atoms with Gasteiger partial charge in [-0.25, -0.2) is 4.98 Å². The minimum atomic E-state index is -0.00876. The van der Waals surface area contributed by atoms with Crippen molar-refractivity contribution >= 4 is 28.5 Å². The molecule has 3 aromatic rings. The number of aromatic nitrogens is 2. The van der Waals surface area contributed by atoms with E-state index in [9.17, 15) is 4.79 Å². The van der Waals surface area contributed by atoms with Crippen molar-refractivity contribution in [3.05, 3.63) is 64.4 Å². The zero-order chi connectivity index (χ0) is 15.5. The number of nitrogens with zero attached hydrogens (tertiary/aromatic N) is 1. The number of carbonyl (C=O) groups is 1. The van der Waals surface area contributed by atoms with E-state index in [4.69, 9.17) is 11.6 Å². The lowest BCUT2D eigenvalue weighted by molar-refractivity contribution is -0.120. The van der Waals surface area contributed by atoms with Crippen LogP contribution in [0.2, 0.25) is 5.02 Å². The Kier molecular flexibility index (Phi) is 4.11. The Balaban J connectivity index is 1.61. The highest BCUT2D eigenvalue weighted by Crippen LogP contribution is 2.14. The summed E-state index contributed by atoms with van der Waals surface area (Å²) in [7, 11) is 0. The first-order valence-corrected chi connectivity index (χ1v) is 7.44. The van der Waals surface area contributed by atoms with Gasteiger partial charge in [0.15, 0.2) is 0 Å². The molecule has 0 unspecified atom stereocenters. The highest BCUT2D eigenvalue weighted by molar-refractivity contribution is 6.30. The summed E-state index contributed by atoms with van der Waals surface area (Å²) in [6.07, 6.45) is 0.349. The molecule has 0 aliphatic carbocycles. The summed E-state index contributed by atoms with van der Waals surface area (Å²) in [6, 6.07) is 13.3. The van der Waals surface area contributed by atoms with Gasteiger partial charge in [-0.15, -0.1) is 0 Å². The topological polar surface area (TPSA) is 57.8 Å². The SMILES string of the molecule is Cc1nc2ccc(CC(=O)NCc3ccc(Cl)cc3)cc2[nH]1. The first-order valence-electron chi connectivity index (χ1n) is 7.06. The second-order valence-corrected chi connectivity index (χ2v) is 5.69. The quantitative estimate of drug-likeness (QED) is 0.775. The van der Waals surface area contributed by atoms with Crippen LogP contribution in [0.5, 0.6) is 0 Å². The number of aryl methyl sites for hydroxylation is 1. The van der Waals surface area contributed by atoms with E-state index in [1.807, 2.05) is 49.4 Å². The highest BCUT2D eigenvalue weighted by Gasteiger charge is 2.06. The number of amides is 1. The van der Waals surface area contributed by atoms with E-state index in [2.05, 4.69) is 15.3 Å². The predicted molar refractivity (Wildman–Crippen MR) is 87.8 cm³/mol. The van der Waals surface area contributed by atoms with E-state index in [0.717, 1.165) is 28.0 Å². The van der Waals surface area contributed by atoms with Crippen molar-refractivity contribution in [2.24, 2.45) is 0 Å². The van der Waals surface area contributed by atoms with Crippen LogP contribution >= 0.6 is 11.6 Å². The van der Waals surface area contributed by atoms with Crippen LogP contribution in [0.3, 0.4) is 0 Å². The second-order valence-electron chi connectivity index (χ2n) is 5.25. The molecule has 1 heterocycles. The Morgan fingerprint density at radius 2 is 1.91 bits per heavy atom. The monoisotopic (exact) mass is 313 g/mol. The summed E-state index contributed by atoms with van der Waals surface area (Å²) in [6.45, 7) is 2.42. The number of hydrogen-bond donors (Lipinski definition) is 2. The number of carbonyl (C=O) groups excluding carboxylic acids is 1. The third-order valence-corrected chi connectivity index (χ3v) is 3.68. The summed E-state index contributed by atoms with van der Waals surface area (Å²) < 4.78 is 0. The van der Waals surface area contributed by atoms with Gasteiger partial charge >= 0.3 is 0 Å². The third-order valence-electron chi connectivity index (χ3n) is 3.43. The van der Waals surface area contributed by atoms with Crippen molar-refractivity contribution < 1.29 is 4.79 Å². The molecule has 4 nitrogen and oxygen atoms in total. The molecule has 3 rings (SSSR count). The minimum absolute atomic E-state index is 0.00876. The van der Waals surface area contributed by atoms with E-state index in [1.165, 1.54) is 0 Å². The van der Waals surface area contributed by atoms with Gasteiger partial charge in [-0.05, 0) is 42.3 Å². The van der Waals surface area contributed by atoms with Crippen LogP contribution in [0.25, 0.3) is 11.0 Å². The molecule has 0 saturated heterocycles. The number of rotatable bonds is 4. The van der Waals surface area contributed by atoms with Gasteiger partial charge in [0, 0.05) is 11.6 Å². The number of imidazole rings is 1.